The van der Waals surface area contributed by atoms with Crippen LogP contribution in [0.15, 0.2) is 24.3 Å². The number of methoxy groups -OCH3 is 1. The van der Waals surface area contributed by atoms with Gasteiger partial charge in [-0.15, -0.1) is 0 Å². The fourth-order valence-electron chi connectivity index (χ4n) is 1.49. The summed E-state index contributed by atoms with van der Waals surface area (Å²) in [6.45, 7) is 3.49. The van der Waals surface area contributed by atoms with Gasteiger partial charge in [0.15, 0.2) is 6.10 Å². The average molecular weight is 238 g/mol. The van der Waals surface area contributed by atoms with E-state index in [1.165, 1.54) is 7.11 Å². The van der Waals surface area contributed by atoms with Crippen molar-refractivity contribution in [2.75, 3.05) is 7.11 Å². The van der Waals surface area contributed by atoms with Crippen LogP contribution in [0, 0.1) is 0 Å². The van der Waals surface area contributed by atoms with E-state index in [0.717, 1.165) is 0 Å². The van der Waals surface area contributed by atoms with Gasteiger partial charge in [0.25, 0.3) is 0 Å². The number of benzene rings is 1. The van der Waals surface area contributed by atoms with E-state index in [4.69, 9.17) is 4.74 Å². The molecular weight excluding hydrogens is 220 g/mol. The highest BCUT2D eigenvalue weighted by Crippen LogP contribution is 2.27. The molecule has 0 heterocycles. The third kappa shape index (κ3) is 3.46. The first-order valence-corrected chi connectivity index (χ1v) is 5.61. The SMILES string of the molecule is CCC(O)c1ccccc1OC(C)C(=O)OC. The number of esters is 1. The Bertz CT molecular complexity index is 375. The molecule has 4 nitrogen and oxygen atoms in total. The molecule has 0 aliphatic heterocycles. The second-order valence-electron chi connectivity index (χ2n) is 3.75. The Labute approximate surface area is 101 Å². The van der Waals surface area contributed by atoms with Gasteiger partial charge in [0.2, 0.25) is 0 Å². The molecule has 1 aromatic rings. The minimum atomic E-state index is -0.690. The Balaban J connectivity index is 2.87. The molecule has 94 valence electrons. The Morgan fingerprint density at radius 1 is 1.41 bits per heavy atom. The summed E-state index contributed by atoms with van der Waals surface area (Å²) < 4.78 is 10.1. The zero-order chi connectivity index (χ0) is 12.8. The number of ether oxygens (including phenoxy) is 2. The maximum Gasteiger partial charge on any atom is 0.346 e. The van der Waals surface area contributed by atoms with Crippen LogP contribution in [0.2, 0.25) is 0 Å². The molecule has 2 unspecified atom stereocenters. The quantitative estimate of drug-likeness (QED) is 0.798. The smallest absolute Gasteiger partial charge is 0.346 e. The van der Waals surface area contributed by atoms with Gasteiger partial charge in [0.05, 0.1) is 13.2 Å². The molecule has 0 saturated carbocycles. The lowest BCUT2D eigenvalue weighted by Crippen LogP contribution is -2.25. The Hall–Kier alpha value is -1.55. The van der Waals surface area contributed by atoms with E-state index in [1.807, 2.05) is 13.0 Å². The van der Waals surface area contributed by atoms with Crippen LogP contribution in [0.4, 0.5) is 0 Å². The van der Waals surface area contributed by atoms with Crippen molar-refractivity contribution in [3.63, 3.8) is 0 Å². The number of aliphatic hydroxyl groups is 1. The first-order valence-electron chi connectivity index (χ1n) is 5.61. The zero-order valence-corrected chi connectivity index (χ0v) is 10.3. The normalized spacial score (nSPS) is 13.9. The van der Waals surface area contributed by atoms with Crippen LogP contribution in [0.5, 0.6) is 5.75 Å². The van der Waals surface area contributed by atoms with E-state index in [2.05, 4.69) is 4.74 Å². The van der Waals surface area contributed by atoms with E-state index in [0.29, 0.717) is 17.7 Å². The summed E-state index contributed by atoms with van der Waals surface area (Å²) in [6.07, 6.45) is -0.686. The molecule has 17 heavy (non-hydrogen) atoms. The highest BCUT2D eigenvalue weighted by Gasteiger charge is 2.18. The maximum absolute atomic E-state index is 11.3. The maximum atomic E-state index is 11.3. The van der Waals surface area contributed by atoms with Gasteiger partial charge in [-0.3, -0.25) is 0 Å². The number of rotatable bonds is 5. The summed E-state index contributed by atoms with van der Waals surface area (Å²) in [5.74, 6) is 0.0746. The first kappa shape index (κ1) is 13.5. The molecular formula is C13H18O4. The number of carbonyl (C=O) groups is 1. The van der Waals surface area contributed by atoms with Gasteiger partial charge in [-0.1, -0.05) is 25.1 Å². The Morgan fingerprint density at radius 2 is 2.06 bits per heavy atom. The van der Waals surface area contributed by atoms with Gasteiger partial charge in [-0.25, -0.2) is 4.79 Å². The van der Waals surface area contributed by atoms with Crippen LogP contribution in [-0.4, -0.2) is 24.3 Å². The highest BCUT2D eigenvalue weighted by atomic mass is 16.6. The molecule has 1 rings (SSSR count). The second kappa shape index (κ2) is 6.25. The molecule has 1 aromatic carbocycles. The second-order valence-corrected chi connectivity index (χ2v) is 3.75. The van der Waals surface area contributed by atoms with Crippen molar-refractivity contribution in [2.24, 2.45) is 0 Å². The summed E-state index contributed by atoms with van der Waals surface area (Å²) in [4.78, 5) is 11.3. The number of carbonyl (C=O) groups excluding carboxylic acids is 1. The zero-order valence-electron chi connectivity index (χ0n) is 10.3. The standard InChI is InChI=1S/C13H18O4/c1-4-11(14)10-7-5-6-8-12(10)17-9(2)13(15)16-3/h5-9,11,14H,4H2,1-3H3. The summed E-state index contributed by atoms with van der Waals surface area (Å²) in [6, 6.07) is 7.14. The number of hydrogen-bond donors (Lipinski definition) is 1. The summed E-state index contributed by atoms with van der Waals surface area (Å²) in [7, 11) is 1.31. The molecule has 0 spiro atoms. The van der Waals surface area contributed by atoms with Crippen molar-refractivity contribution in [2.45, 2.75) is 32.5 Å². The van der Waals surface area contributed by atoms with Crippen molar-refractivity contribution in [3.05, 3.63) is 29.8 Å². The van der Waals surface area contributed by atoms with Crippen molar-refractivity contribution in [1.82, 2.24) is 0 Å². The van der Waals surface area contributed by atoms with Crippen molar-refractivity contribution in [1.29, 1.82) is 0 Å². The van der Waals surface area contributed by atoms with Gasteiger partial charge in [-0.05, 0) is 19.4 Å². The van der Waals surface area contributed by atoms with E-state index < -0.39 is 18.2 Å². The van der Waals surface area contributed by atoms with E-state index in [1.54, 1.807) is 25.1 Å². The van der Waals surface area contributed by atoms with Crippen molar-refractivity contribution < 1.29 is 19.4 Å². The molecule has 0 fully saturated rings. The van der Waals surface area contributed by atoms with Crippen molar-refractivity contribution in [3.8, 4) is 5.75 Å². The lowest BCUT2D eigenvalue weighted by atomic mass is 10.1. The largest absolute Gasteiger partial charge is 0.479 e. The number of aliphatic hydroxyl groups excluding tert-OH is 1. The monoisotopic (exact) mass is 238 g/mol. The molecule has 0 aliphatic rings. The van der Waals surface area contributed by atoms with Crippen molar-refractivity contribution >= 4 is 5.97 Å². The lowest BCUT2D eigenvalue weighted by molar-refractivity contribution is -0.148. The van der Waals surface area contributed by atoms with Crippen LogP contribution >= 0.6 is 0 Å². The predicted molar refractivity (Wildman–Crippen MR) is 63.8 cm³/mol. The average Bonchev–Trinajstić information content (AvgIpc) is 2.37. The van der Waals surface area contributed by atoms with Crippen LogP contribution < -0.4 is 4.74 Å². The Morgan fingerprint density at radius 3 is 2.65 bits per heavy atom. The topological polar surface area (TPSA) is 55.8 Å². The molecule has 0 bridgehead atoms. The van der Waals surface area contributed by atoms with E-state index >= 15 is 0 Å². The molecule has 0 saturated heterocycles. The molecule has 0 radical (unpaired) electrons. The molecule has 2 atom stereocenters. The van der Waals surface area contributed by atoms with Crippen LogP contribution in [0.25, 0.3) is 0 Å². The predicted octanol–water partition coefficient (Wildman–Crippen LogP) is 2.07. The lowest BCUT2D eigenvalue weighted by Gasteiger charge is -2.17. The first-order chi connectivity index (χ1) is 8.10. The van der Waals surface area contributed by atoms with E-state index in [9.17, 15) is 9.90 Å². The third-order valence-electron chi connectivity index (χ3n) is 2.50. The fourth-order valence-corrected chi connectivity index (χ4v) is 1.49. The van der Waals surface area contributed by atoms with Gasteiger partial charge in [0.1, 0.15) is 5.75 Å². The molecule has 1 N–H and O–H groups in total. The summed E-state index contributed by atoms with van der Waals surface area (Å²) >= 11 is 0. The fraction of sp³-hybridized carbons (Fsp3) is 0.462. The summed E-state index contributed by atoms with van der Waals surface area (Å²) in [5, 5.41) is 9.82. The number of hydrogen-bond acceptors (Lipinski definition) is 4. The van der Waals surface area contributed by atoms with E-state index in [-0.39, 0.29) is 0 Å². The molecule has 0 aliphatic carbocycles. The third-order valence-corrected chi connectivity index (χ3v) is 2.50. The van der Waals surface area contributed by atoms with Gasteiger partial charge < -0.3 is 14.6 Å². The molecule has 4 heteroatoms. The Kier molecular flexibility index (Phi) is 4.97. The van der Waals surface area contributed by atoms with Crippen LogP contribution in [0.1, 0.15) is 31.9 Å². The minimum absolute atomic E-state index is 0.439. The summed E-state index contributed by atoms with van der Waals surface area (Å²) in [5.41, 5.74) is 0.686. The number of para-hydroxylation sites is 1. The van der Waals surface area contributed by atoms with Crippen LogP contribution in [-0.2, 0) is 9.53 Å². The highest BCUT2D eigenvalue weighted by molar-refractivity contribution is 5.74. The molecule has 0 amide bonds. The van der Waals surface area contributed by atoms with Crippen LogP contribution in [0.3, 0.4) is 0 Å². The van der Waals surface area contributed by atoms with Gasteiger partial charge in [-0.2, -0.15) is 0 Å². The van der Waals surface area contributed by atoms with Gasteiger partial charge >= 0.3 is 5.97 Å². The minimum Gasteiger partial charge on any atom is -0.479 e. The molecule has 0 aromatic heterocycles. The van der Waals surface area contributed by atoms with Gasteiger partial charge in [0, 0.05) is 5.56 Å².